The Labute approximate surface area is 348 Å². The molecule has 4 fully saturated rings. The molecule has 6 aromatic carbocycles. The third kappa shape index (κ3) is 7.88. The second kappa shape index (κ2) is 16.1. The van der Waals surface area contributed by atoms with Gasteiger partial charge in [0.15, 0.2) is 5.60 Å². The van der Waals surface area contributed by atoms with Gasteiger partial charge in [0, 0.05) is 28.7 Å². The fourth-order valence-corrected chi connectivity index (χ4v) is 9.13. The van der Waals surface area contributed by atoms with E-state index in [0.717, 1.165) is 36.0 Å². The minimum absolute atomic E-state index is 0.0509. The van der Waals surface area contributed by atoms with Crippen molar-refractivity contribution in [1.82, 2.24) is 0 Å². The molecule has 0 spiro atoms. The number of carboxylic acid groups (broad SMARTS) is 2. The number of carboxylic acids is 2. The third-order valence-corrected chi connectivity index (χ3v) is 11.6. The maximum atomic E-state index is 11.8. The van der Waals surface area contributed by atoms with Crippen molar-refractivity contribution in [3.8, 4) is 52.4 Å². The molecule has 2 N–H and O–H groups in total. The normalized spacial score (nSPS) is 22.0. The Balaban J connectivity index is 1.13. The van der Waals surface area contributed by atoms with Gasteiger partial charge >= 0.3 is 11.9 Å². The molecule has 3 unspecified atom stereocenters. The average Bonchev–Trinajstić information content (AvgIpc) is 3.26. The number of hydrogen-bond acceptors (Lipinski definition) is 6. The molecule has 4 aliphatic rings. The van der Waals surface area contributed by atoms with Crippen molar-refractivity contribution in [3.05, 3.63) is 185 Å². The molecule has 3 atom stereocenters. The molecule has 0 aliphatic heterocycles. The lowest BCUT2D eigenvalue weighted by Gasteiger charge is -2.64. The molecule has 0 saturated heterocycles. The van der Waals surface area contributed by atoms with Gasteiger partial charge < -0.3 is 29.2 Å². The van der Waals surface area contributed by atoms with Gasteiger partial charge in [-0.15, -0.1) is 0 Å². The quantitative estimate of drug-likeness (QED) is 0.104. The minimum atomic E-state index is -1.32. The SMILES string of the molecule is O=C(O)c1ccc(Oc2cc(OC3(Oc4ccc(C#Cc5ccccc5)cc4)C4CC5CC(C4)CC3(Oc3ccc(C(=O)O)cc3)C5)ccc2C#Cc2ccccc2)cc1. The number of aromatic carboxylic acids is 2. The summed E-state index contributed by atoms with van der Waals surface area (Å²) in [6.07, 6.45) is 4.25. The maximum Gasteiger partial charge on any atom is 0.335 e. The number of rotatable bonds is 10. The van der Waals surface area contributed by atoms with E-state index in [1.165, 1.54) is 12.1 Å². The van der Waals surface area contributed by atoms with Crippen LogP contribution in [0, 0.1) is 41.4 Å². The Kier molecular flexibility index (Phi) is 10.2. The highest BCUT2D eigenvalue weighted by atomic mass is 16.7. The van der Waals surface area contributed by atoms with Crippen molar-refractivity contribution in [2.24, 2.45) is 17.8 Å². The first kappa shape index (κ1) is 38.1. The molecule has 60 heavy (non-hydrogen) atoms. The van der Waals surface area contributed by atoms with Crippen LogP contribution in [-0.4, -0.2) is 33.5 Å². The van der Waals surface area contributed by atoms with Gasteiger partial charge in [0.05, 0.1) is 16.7 Å². The van der Waals surface area contributed by atoms with E-state index in [1.807, 2.05) is 97.1 Å². The lowest BCUT2D eigenvalue weighted by atomic mass is 9.51. The van der Waals surface area contributed by atoms with E-state index in [4.69, 9.17) is 18.9 Å². The van der Waals surface area contributed by atoms with E-state index in [-0.39, 0.29) is 17.0 Å². The molecular weight excluding hydrogens is 753 g/mol. The van der Waals surface area contributed by atoms with Gasteiger partial charge in [-0.25, -0.2) is 9.59 Å². The summed E-state index contributed by atoms with van der Waals surface area (Å²) in [6.45, 7) is 0. The van der Waals surface area contributed by atoms with Crippen LogP contribution in [0.3, 0.4) is 0 Å². The molecule has 0 radical (unpaired) electrons. The number of hydrogen-bond donors (Lipinski definition) is 2. The van der Waals surface area contributed by atoms with E-state index < -0.39 is 23.3 Å². The molecule has 296 valence electrons. The van der Waals surface area contributed by atoms with Crippen molar-refractivity contribution >= 4 is 11.9 Å². The zero-order valence-electron chi connectivity index (χ0n) is 32.5. The zero-order chi connectivity index (χ0) is 41.1. The third-order valence-electron chi connectivity index (χ3n) is 11.6. The highest BCUT2D eigenvalue weighted by Gasteiger charge is 2.72. The van der Waals surface area contributed by atoms with Crippen LogP contribution in [0.4, 0.5) is 0 Å². The Morgan fingerprint density at radius 1 is 0.500 bits per heavy atom. The fraction of sp³-hybridized carbons (Fsp3) is 0.192. The van der Waals surface area contributed by atoms with Crippen molar-refractivity contribution in [1.29, 1.82) is 0 Å². The van der Waals surface area contributed by atoms with Gasteiger partial charge in [-0.2, -0.15) is 0 Å². The largest absolute Gasteiger partial charge is 0.479 e. The topological polar surface area (TPSA) is 112 Å². The molecule has 10 rings (SSSR count). The molecule has 6 aromatic rings. The first-order chi connectivity index (χ1) is 29.2. The van der Waals surface area contributed by atoms with Crippen LogP contribution in [0.5, 0.6) is 28.7 Å². The van der Waals surface area contributed by atoms with Crippen LogP contribution in [0.2, 0.25) is 0 Å². The van der Waals surface area contributed by atoms with E-state index in [9.17, 15) is 19.8 Å². The van der Waals surface area contributed by atoms with Gasteiger partial charge in [-0.1, -0.05) is 60.1 Å². The Bertz CT molecular complexity index is 2640. The van der Waals surface area contributed by atoms with E-state index in [0.29, 0.717) is 59.0 Å². The van der Waals surface area contributed by atoms with Crippen LogP contribution < -0.4 is 18.9 Å². The molecule has 4 saturated carbocycles. The molecule has 8 heteroatoms. The van der Waals surface area contributed by atoms with Crippen LogP contribution in [0.1, 0.15) is 75.1 Å². The summed E-state index contributed by atoms with van der Waals surface area (Å²) in [4.78, 5) is 23.4. The smallest absolute Gasteiger partial charge is 0.335 e. The molecule has 0 amide bonds. The fourth-order valence-electron chi connectivity index (χ4n) is 9.13. The van der Waals surface area contributed by atoms with Crippen molar-refractivity contribution in [2.75, 3.05) is 0 Å². The standard InChI is InChI=1S/C52H40O8/c53-49(54)41-18-24-44(25-19-41)57-48-32-47(28-17-40(48)16-13-36-9-5-2-6-10-36)60-52(59-46-22-14-37(15-23-46)12-11-35-7-3-1-4-8-35)43-30-38-29-39(31-43)34-51(52,33-38)58-45-26-20-42(21-27-45)50(55)56/h1-10,14-15,17-28,32,38-39,43H,29-31,33-34H2,(H,53,54)(H,55,56). The predicted octanol–water partition coefficient (Wildman–Crippen LogP) is 10.5. The highest BCUT2D eigenvalue weighted by molar-refractivity contribution is 5.88. The Morgan fingerprint density at radius 2 is 0.967 bits per heavy atom. The highest BCUT2D eigenvalue weighted by Crippen LogP contribution is 2.63. The first-order valence-electron chi connectivity index (χ1n) is 20.0. The van der Waals surface area contributed by atoms with E-state index in [2.05, 4.69) is 23.7 Å². The Morgan fingerprint density at radius 3 is 1.53 bits per heavy atom. The van der Waals surface area contributed by atoms with Gasteiger partial charge in [0.25, 0.3) is 5.79 Å². The number of ether oxygens (including phenoxy) is 4. The monoisotopic (exact) mass is 792 g/mol. The second-order valence-electron chi connectivity index (χ2n) is 15.7. The van der Waals surface area contributed by atoms with Crippen LogP contribution in [0.25, 0.3) is 0 Å². The van der Waals surface area contributed by atoms with Gasteiger partial charge in [-0.3, -0.25) is 0 Å². The molecule has 8 nitrogen and oxygen atoms in total. The van der Waals surface area contributed by atoms with Crippen LogP contribution in [-0.2, 0) is 0 Å². The van der Waals surface area contributed by atoms with Crippen LogP contribution in [0.15, 0.2) is 152 Å². The van der Waals surface area contributed by atoms with Crippen molar-refractivity contribution < 1.29 is 38.7 Å². The van der Waals surface area contributed by atoms with Crippen molar-refractivity contribution in [3.63, 3.8) is 0 Å². The average molecular weight is 793 g/mol. The summed E-state index contributed by atoms with van der Waals surface area (Å²) in [7, 11) is 0. The molecule has 0 aromatic heterocycles. The molecule has 4 bridgehead atoms. The van der Waals surface area contributed by atoms with E-state index in [1.54, 1.807) is 42.5 Å². The van der Waals surface area contributed by atoms with E-state index >= 15 is 0 Å². The van der Waals surface area contributed by atoms with Gasteiger partial charge in [0.2, 0.25) is 0 Å². The van der Waals surface area contributed by atoms with Crippen LogP contribution >= 0.6 is 0 Å². The van der Waals surface area contributed by atoms with Crippen molar-refractivity contribution in [2.45, 2.75) is 43.5 Å². The van der Waals surface area contributed by atoms with Gasteiger partial charge in [-0.05, 0) is 153 Å². The molecule has 4 aliphatic carbocycles. The first-order valence-corrected chi connectivity index (χ1v) is 20.0. The second-order valence-corrected chi connectivity index (χ2v) is 15.7. The lowest BCUT2D eigenvalue weighted by molar-refractivity contribution is -0.322. The number of carbonyl (C=O) groups is 2. The summed E-state index contributed by atoms with van der Waals surface area (Å²) in [5, 5.41) is 19.1. The Hall–Kier alpha value is -7.42. The minimum Gasteiger partial charge on any atom is -0.479 e. The lowest BCUT2D eigenvalue weighted by Crippen LogP contribution is -2.76. The maximum absolute atomic E-state index is 11.8. The number of benzene rings is 6. The summed E-state index contributed by atoms with van der Waals surface area (Å²) < 4.78 is 28.1. The molecule has 0 heterocycles. The zero-order valence-corrected chi connectivity index (χ0v) is 32.5. The molecular formula is C52H40O8. The summed E-state index contributed by atoms with van der Waals surface area (Å²) in [6, 6.07) is 45.4. The van der Waals surface area contributed by atoms with Gasteiger partial charge in [0.1, 0.15) is 28.7 Å². The summed E-state index contributed by atoms with van der Waals surface area (Å²) in [5.74, 6) is 12.8. The predicted molar refractivity (Wildman–Crippen MR) is 226 cm³/mol. The summed E-state index contributed by atoms with van der Waals surface area (Å²) in [5.41, 5.74) is 2.56. The summed E-state index contributed by atoms with van der Waals surface area (Å²) >= 11 is 0.